The highest BCUT2D eigenvalue weighted by Gasteiger charge is 2.34. The standard InChI is InChI=1S/C22H25NO5/c1-15-12-17(6-9-19(15)27-14-22(2,3)26)23-11-10-20(21(23)25)28-18-7-4-16(13-24)5-8-18/h4-9,12-13,20,26H,10-11,14H2,1-3H3/t20-/m0/s1. The minimum Gasteiger partial charge on any atom is -0.490 e. The fraction of sp³-hybridized carbons (Fsp3) is 0.364. The molecule has 0 spiro atoms. The third-order valence-electron chi connectivity index (χ3n) is 4.50. The molecule has 1 fully saturated rings. The Morgan fingerprint density at radius 1 is 1.21 bits per heavy atom. The van der Waals surface area contributed by atoms with Crippen LogP contribution in [0.2, 0.25) is 0 Å². The van der Waals surface area contributed by atoms with Gasteiger partial charge >= 0.3 is 0 Å². The molecule has 1 aliphatic rings. The number of hydrogen-bond donors (Lipinski definition) is 1. The molecule has 0 unspecified atom stereocenters. The predicted octanol–water partition coefficient (Wildman–Crippen LogP) is 3.14. The SMILES string of the molecule is Cc1cc(N2CC[C@H](Oc3ccc(C=O)cc3)C2=O)ccc1OCC(C)(C)O. The van der Waals surface area contributed by atoms with Crippen LogP contribution in [0.1, 0.15) is 36.2 Å². The highest BCUT2D eigenvalue weighted by atomic mass is 16.5. The number of anilines is 1. The van der Waals surface area contributed by atoms with Gasteiger partial charge in [0.15, 0.2) is 6.10 Å². The monoisotopic (exact) mass is 383 g/mol. The Bertz CT molecular complexity index is 854. The lowest BCUT2D eigenvalue weighted by Gasteiger charge is -2.21. The molecular weight excluding hydrogens is 358 g/mol. The third-order valence-corrected chi connectivity index (χ3v) is 4.50. The van der Waals surface area contributed by atoms with Crippen molar-refractivity contribution in [2.45, 2.75) is 38.9 Å². The molecule has 1 N–H and O–H groups in total. The Balaban J connectivity index is 1.66. The molecule has 1 amide bonds. The number of rotatable bonds is 7. The number of carbonyl (C=O) groups is 2. The zero-order valence-electron chi connectivity index (χ0n) is 16.3. The van der Waals surface area contributed by atoms with Crippen molar-refractivity contribution in [1.29, 1.82) is 0 Å². The summed E-state index contributed by atoms with van der Waals surface area (Å²) in [4.78, 5) is 25.2. The summed E-state index contributed by atoms with van der Waals surface area (Å²) in [5, 5.41) is 9.80. The molecule has 1 saturated heterocycles. The number of hydrogen-bond acceptors (Lipinski definition) is 5. The minimum absolute atomic E-state index is 0.0935. The summed E-state index contributed by atoms with van der Waals surface area (Å²) < 4.78 is 11.5. The zero-order chi connectivity index (χ0) is 20.3. The van der Waals surface area contributed by atoms with E-state index in [2.05, 4.69) is 0 Å². The molecule has 2 aromatic rings. The van der Waals surface area contributed by atoms with Crippen molar-refractivity contribution in [1.82, 2.24) is 0 Å². The fourth-order valence-electron chi connectivity index (χ4n) is 3.03. The molecule has 28 heavy (non-hydrogen) atoms. The van der Waals surface area contributed by atoms with Crippen molar-refractivity contribution in [2.24, 2.45) is 0 Å². The molecule has 6 nitrogen and oxygen atoms in total. The highest BCUT2D eigenvalue weighted by Crippen LogP contribution is 2.29. The lowest BCUT2D eigenvalue weighted by atomic mass is 10.1. The molecule has 0 saturated carbocycles. The van der Waals surface area contributed by atoms with Gasteiger partial charge in [0.1, 0.15) is 24.4 Å². The van der Waals surface area contributed by atoms with Crippen molar-refractivity contribution in [2.75, 3.05) is 18.1 Å². The van der Waals surface area contributed by atoms with Crippen molar-refractivity contribution >= 4 is 17.9 Å². The maximum absolute atomic E-state index is 12.8. The van der Waals surface area contributed by atoms with E-state index in [0.717, 1.165) is 17.5 Å². The number of aldehydes is 1. The summed E-state index contributed by atoms with van der Waals surface area (Å²) in [6.07, 6.45) is 0.807. The first-order valence-electron chi connectivity index (χ1n) is 9.26. The Hall–Kier alpha value is -2.86. The number of carbonyl (C=O) groups excluding carboxylic acids is 2. The molecule has 3 rings (SSSR count). The van der Waals surface area contributed by atoms with Gasteiger partial charge < -0.3 is 19.5 Å². The average molecular weight is 383 g/mol. The van der Waals surface area contributed by atoms with Crippen LogP contribution < -0.4 is 14.4 Å². The molecule has 6 heteroatoms. The molecule has 0 aromatic heterocycles. The number of aryl methyl sites for hydroxylation is 1. The number of amides is 1. The maximum atomic E-state index is 12.8. The summed E-state index contributed by atoms with van der Waals surface area (Å²) in [6, 6.07) is 12.3. The van der Waals surface area contributed by atoms with Crippen LogP contribution in [-0.4, -0.2) is 42.2 Å². The Morgan fingerprint density at radius 3 is 2.54 bits per heavy atom. The van der Waals surface area contributed by atoms with Crippen LogP contribution in [0.3, 0.4) is 0 Å². The summed E-state index contributed by atoms with van der Waals surface area (Å²) in [6.45, 7) is 6.04. The smallest absolute Gasteiger partial charge is 0.268 e. The van der Waals surface area contributed by atoms with Crippen LogP contribution in [0.15, 0.2) is 42.5 Å². The quantitative estimate of drug-likeness (QED) is 0.744. The molecule has 0 bridgehead atoms. The predicted molar refractivity (Wildman–Crippen MR) is 106 cm³/mol. The summed E-state index contributed by atoms with van der Waals surface area (Å²) in [5.74, 6) is 1.15. The zero-order valence-corrected chi connectivity index (χ0v) is 16.3. The summed E-state index contributed by atoms with van der Waals surface area (Å²) in [7, 11) is 0. The number of ether oxygens (including phenoxy) is 2. The van der Waals surface area contributed by atoms with E-state index < -0.39 is 11.7 Å². The van der Waals surface area contributed by atoms with Gasteiger partial charge in [0, 0.05) is 24.2 Å². The van der Waals surface area contributed by atoms with E-state index in [-0.39, 0.29) is 12.5 Å². The molecular formula is C22H25NO5. The van der Waals surface area contributed by atoms with Crippen LogP contribution in [-0.2, 0) is 4.79 Å². The van der Waals surface area contributed by atoms with Gasteiger partial charge in [-0.05, 0) is 68.8 Å². The van der Waals surface area contributed by atoms with Gasteiger partial charge in [-0.2, -0.15) is 0 Å². The van der Waals surface area contributed by atoms with Gasteiger partial charge in [0.05, 0.1) is 5.60 Å². The number of benzene rings is 2. The molecule has 0 radical (unpaired) electrons. The topological polar surface area (TPSA) is 76.1 Å². The lowest BCUT2D eigenvalue weighted by Crippen LogP contribution is -2.32. The number of aliphatic hydroxyl groups is 1. The Labute approximate surface area is 164 Å². The first-order chi connectivity index (χ1) is 13.3. The van der Waals surface area contributed by atoms with Gasteiger partial charge in [-0.25, -0.2) is 0 Å². The first kappa shape index (κ1) is 19.9. The second-order valence-corrected chi connectivity index (χ2v) is 7.62. The lowest BCUT2D eigenvalue weighted by molar-refractivity contribution is -0.122. The van der Waals surface area contributed by atoms with Crippen LogP contribution in [0.25, 0.3) is 0 Å². The summed E-state index contributed by atoms with van der Waals surface area (Å²) >= 11 is 0. The molecule has 2 aromatic carbocycles. The molecule has 148 valence electrons. The van der Waals surface area contributed by atoms with Crippen molar-refractivity contribution in [3.05, 3.63) is 53.6 Å². The van der Waals surface area contributed by atoms with Crippen molar-refractivity contribution in [3.63, 3.8) is 0 Å². The van der Waals surface area contributed by atoms with Gasteiger partial charge in [-0.15, -0.1) is 0 Å². The minimum atomic E-state index is -0.912. The average Bonchev–Trinajstić information content (AvgIpc) is 3.01. The van der Waals surface area contributed by atoms with E-state index in [4.69, 9.17) is 9.47 Å². The van der Waals surface area contributed by atoms with Gasteiger partial charge in [-0.3, -0.25) is 9.59 Å². The van der Waals surface area contributed by atoms with Crippen molar-refractivity contribution in [3.8, 4) is 11.5 Å². The van der Waals surface area contributed by atoms with E-state index in [1.807, 2.05) is 25.1 Å². The van der Waals surface area contributed by atoms with Crippen LogP contribution in [0.5, 0.6) is 11.5 Å². The van der Waals surface area contributed by atoms with E-state index in [0.29, 0.717) is 30.0 Å². The Kier molecular flexibility index (Phi) is 5.70. The largest absolute Gasteiger partial charge is 0.490 e. The van der Waals surface area contributed by atoms with E-state index in [9.17, 15) is 14.7 Å². The highest BCUT2D eigenvalue weighted by molar-refractivity contribution is 5.99. The third kappa shape index (κ3) is 4.70. The van der Waals surface area contributed by atoms with E-state index in [1.54, 1.807) is 43.0 Å². The van der Waals surface area contributed by atoms with Crippen LogP contribution in [0, 0.1) is 6.92 Å². The summed E-state index contributed by atoms with van der Waals surface area (Å²) in [5.41, 5.74) is 1.34. The second kappa shape index (κ2) is 8.02. The Morgan fingerprint density at radius 2 is 1.93 bits per heavy atom. The van der Waals surface area contributed by atoms with Gasteiger partial charge in [0.25, 0.3) is 5.91 Å². The fourth-order valence-corrected chi connectivity index (χ4v) is 3.03. The van der Waals surface area contributed by atoms with Crippen molar-refractivity contribution < 1.29 is 24.2 Å². The number of nitrogens with zero attached hydrogens (tertiary/aromatic N) is 1. The van der Waals surface area contributed by atoms with E-state index in [1.165, 1.54) is 0 Å². The molecule has 1 aliphatic heterocycles. The van der Waals surface area contributed by atoms with Gasteiger partial charge in [-0.1, -0.05) is 0 Å². The second-order valence-electron chi connectivity index (χ2n) is 7.62. The van der Waals surface area contributed by atoms with Crippen LogP contribution in [0.4, 0.5) is 5.69 Å². The van der Waals surface area contributed by atoms with Gasteiger partial charge in [0.2, 0.25) is 0 Å². The molecule has 0 aliphatic carbocycles. The molecule has 1 heterocycles. The maximum Gasteiger partial charge on any atom is 0.268 e. The first-order valence-corrected chi connectivity index (χ1v) is 9.26. The van der Waals surface area contributed by atoms with E-state index >= 15 is 0 Å². The molecule has 1 atom stereocenters. The van der Waals surface area contributed by atoms with Crippen LogP contribution >= 0.6 is 0 Å². The normalized spacial score (nSPS) is 16.9.